The molecule has 2 rings (SSSR count). The average molecular weight is 279 g/mol. The number of furan rings is 1. The van der Waals surface area contributed by atoms with E-state index in [-0.39, 0.29) is 17.2 Å². The van der Waals surface area contributed by atoms with Crippen molar-refractivity contribution < 1.29 is 19.1 Å². The van der Waals surface area contributed by atoms with Crippen LogP contribution in [0.1, 0.15) is 65.9 Å². The fraction of sp³-hybridized carbons (Fsp3) is 0.600. The fourth-order valence-electron chi connectivity index (χ4n) is 2.64. The molecule has 1 aromatic rings. The number of aromatic carboxylic acids is 1. The van der Waals surface area contributed by atoms with Crippen molar-refractivity contribution in [2.24, 2.45) is 5.92 Å². The summed E-state index contributed by atoms with van der Waals surface area (Å²) >= 11 is 0. The first-order valence-corrected chi connectivity index (χ1v) is 7.27. The molecule has 2 N–H and O–H groups in total. The van der Waals surface area contributed by atoms with Crippen molar-refractivity contribution in [3.63, 3.8) is 0 Å². The van der Waals surface area contributed by atoms with Gasteiger partial charge in [0.15, 0.2) is 5.76 Å². The molecule has 0 radical (unpaired) electrons. The van der Waals surface area contributed by atoms with Gasteiger partial charge >= 0.3 is 5.97 Å². The number of rotatable bonds is 4. The molecule has 0 aliphatic heterocycles. The monoisotopic (exact) mass is 279 g/mol. The van der Waals surface area contributed by atoms with Crippen LogP contribution >= 0.6 is 0 Å². The molecule has 0 spiro atoms. The van der Waals surface area contributed by atoms with Crippen LogP contribution in [0.15, 0.2) is 16.7 Å². The number of nitrogens with one attached hydrogen (secondary N) is 1. The molecule has 5 nitrogen and oxygen atoms in total. The summed E-state index contributed by atoms with van der Waals surface area (Å²) in [4.78, 5) is 22.6. The van der Waals surface area contributed by atoms with Gasteiger partial charge in [0.05, 0.1) is 5.56 Å². The summed E-state index contributed by atoms with van der Waals surface area (Å²) in [5, 5.41) is 11.6. The molecule has 1 heterocycles. The number of hydrogen-bond donors (Lipinski definition) is 2. The number of carbonyl (C=O) groups is 2. The molecule has 0 unspecified atom stereocenters. The number of amides is 1. The summed E-state index contributed by atoms with van der Waals surface area (Å²) in [5.74, 6) is -0.839. The van der Waals surface area contributed by atoms with Crippen molar-refractivity contribution in [1.29, 1.82) is 0 Å². The second-order valence-electron chi connectivity index (χ2n) is 5.43. The van der Waals surface area contributed by atoms with E-state index in [4.69, 9.17) is 9.52 Å². The van der Waals surface area contributed by atoms with Crippen LogP contribution in [0, 0.1) is 5.92 Å². The first-order valence-electron chi connectivity index (χ1n) is 7.27. The Kier molecular flexibility index (Phi) is 5.21. The quantitative estimate of drug-likeness (QED) is 0.887. The molecule has 1 aliphatic rings. The standard InChI is InChI=1S/C15H21NO4/c17-14(13-8-12(10-20-13)15(18)19)16-9-11-6-4-2-1-3-5-7-11/h8,10-11H,1-7,9H2,(H,16,17)(H,18,19). The third kappa shape index (κ3) is 4.11. The minimum atomic E-state index is -1.09. The Morgan fingerprint density at radius 2 is 1.85 bits per heavy atom. The Morgan fingerprint density at radius 1 is 1.20 bits per heavy atom. The van der Waals surface area contributed by atoms with E-state index in [9.17, 15) is 9.59 Å². The molecule has 1 aromatic heterocycles. The molecule has 0 aromatic carbocycles. The smallest absolute Gasteiger partial charge is 0.338 e. The SMILES string of the molecule is O=C(O)c1coc(C(=O)NCC2CCCCCCC2)c1. The van der Waals surface area contributed by atoms with E-state index in [0.717, 1.165) is 19.1 Å². The van der Waals surface area contributed by atoms with Crippen LogP contribution in [-0.4, -0.2) is 23.5 Å². The van der Waals surface area contributed by atoms with Gasteiger partial charge in [0, 0.05) is 12.6 Å². The molecule has 0 saturated heterocycles. The molecule has 110 valence electrons. The van der Waals surface area contributed by atoms with Gasteiger partial charge in [-0.05, 0) is 18.8 Å². The lowest BCUT2D eigenvalue weighted by Gasteiger charge is -2.19. The van der Waals surface area contributed by atoms with Gasteiger partial charge in [-0.3, -0.25) is 4.79 Å². The fourth-order valence-corrected chi connectivity index (χ4v) is 2.64. The third-order valence-corrected chi connectivity index (χ3v) is 3.85. The molecule has 5 heteroatoms. The highest BCUT2D eigenvalue weighted by atomic mass is 16.4. The zero-order chi connectivity index (χ0) is 14.4. The largest absolute Gasteiger partial charge is 0.478 e. The Bertz CT molecular complexity index is 458. The Labute approximate surface area is 118 Å². The number of carbonyl (C=O) groups excluding carboxylic acids is 1. The van der Waals surface area contributed by atoms with Crippen LogP contribution < -0.4 is 5.32 Å². The highest BCUT2D eigenvalue weighted by molar-refractivity contribution is 5.95. The summed E-state index contributed by atoms with van der Waals surface area (Å²) in [7, 11) is 0. The molecule has 1 fully saturated rings. The summed E-state index contributed by atoms with van der Waals surface area (Å²) in [5.41, 5.74) is 0.00102. The lowest BCUT2D eigenvalue weighted by Crippen LogP contribution is -2.29. The molecular weight excluding hydrogens is 258 g/mol. The first-order chi connectivity index (χ1) is 9.66. The third-order valence-electron chi connectivity index (χ3n) is 3.85. The topological polar surface area (TPSA) is 79.5 Å². The van der Waals surface area contributed by atoms with E-state index < -0.39 is 5.97 Å². The predicted octanol–water partition coefficient (Wildman–Crippen LogP) is 3.07. The minimum Gasteiger partial charge on any atom is -0.478 e. The van der Waals surface area contributed by atoms with E-state index in [1.165, 1.54) is 38.2 Å². The van der Waals surface area contributed by atoms with Crippen molar-refractivity contribution in [3.8, 4) is 0 Å². The minimum absolute atomic E-state index is 0.00102. The van der Waals surface area contributed by atoms with Gasteiger partial charge < -0.3 is 14.8 Å². The van der Waals surface area contributed by atoms with Crippen LogP contribution in [0.25, 0.3) is 0 Å². The van der Waals surface area contributed by atoms with Gasteiger partial charge in [-0.1, -0.05) is 32.1 Å². The second-order valence-corrected chi connectivity index (χ2v) is 5.43. The van der Waals surface area contributed by atoms with Crippen LogP contribution in [0.2, 0.25) is 0 Å². The highest BCUT2D eigenvalue weighted by Gasteiger charge is 2.17. The van der Waals surface area contributed by atoms with Crippen LogP contribution in [0.5, 0.6) is 0 Å². The van der Waals surface area contributed by atoms with Crippen molar-refractivity contribution in [2.75, 3.05) is 6.54 Å². The Morgan fingerprint density at radius 3 is 2.45 bits per heavy atom. The average Bonchev–Trinajstić information content (AvgIpc) is 2.87. The molecule has 1 amide bonds. The van der Waals surface area contributed by atoms with E-state index >= 15 is 0 Å². The second kappa shape index (κ2) is 7.12. The molecule has 0 atom stereocenters. The van der Waals surface area contributed by atoms with Crippen molar-refractivity contribution in [3.05, 3.63) is 23.7 Å². The number of carboxylic acid groups (broad SMARTS) is 1. The van der Waals surface area contributed by atoms with Crippen molar-refractivity contribution in [1.82, 2.24) is 5.32 Å². The van der Waals surface area contributed by atoms with Crippen LogP contribution in [0.4, 0.5) is 0 Å². The summed E-state index contributed by atoms with van der Waals surface area (Å²) in [6.07, 6.45) is 9.73. The maximum Gasteiger partial charge on any atom is 0.338 e. The van der Waals surface area contributed by atoms with Crippen molar-refractivity contribution >= 4 is 11.9 Å². The van der Waals surface area contributed by atoms with E-state index in [2.05, 4.69) is 5.32 Å². The normalized spacial score (nSPS) is 17.2. The summed E-state index contributed by atoms with van der Waals surface area (Å²) in [6, 6.07) is 1.26. The van der Waals surface area contributed by atoms with Gasteiger partial charge in [0.2, 0.25) is 0 Å². The lowest BCUT2D eigenvalue weighted by atomic mass is 9.91. The lowest BCUT2D eigenvalue weighted by molar-refractivity contribution is 0.0696. The van der Waals surface area contributed by atoms with E-state index in [1.807, 2.05) is 0 Å². The number of hydrogen-bond acceptors (Lipinski definition) is 3. The highest BCUT2D eigenvalue weighted by Crippen LogP contribution is 2.21. The Balaban J connectivity index is 1.82. The van der Waals surface area contributed by atoms with E-state index in [0.29, 0.717) is 12.5 Å². The first kappa shape index (κ1) is 14.6. The van der Waals surface area contributed by atoms with Crippen LogP contribution in [-0.2, 0) is 0 Å². The zero-order valence-electron chi connectivity index (χ0n) is 11.6. The predicted molar refractivity (Wildman–Crippen MR) is 73.8 cm³/mol. The summed E-state index contributed by atoms with van der Waals surface area (Å²) in [6.45, 7) is 0.641. The zero-order valence-corrected chi connectivity index (χ0v) is 11.6. The van der Waals surface area contributed by atoms with E-state index in [1.54, 1.807) is 0 Å². The molecule has 0 bridgehead atoms. The van der Waals surface area contributed by atoms with Gasteiger partial charge in [0.25, 0.3) is 5.91 Å². The van der Waals surface area contributed by atoms with Crippen molar-refractivity contribution in [2.45, 2.75) is 44.9 Å². The maximum atomic E-state index is 11.9. The van der Waals surface area contributed by atoms with Gasteiger partial charge in [-0.25, -0.2) is 4.79 Å². The molecular formula is C15H21NO4. The Hall–Kier alpha value is -1.78. The maximum absolute atomic E-state index is 11.9. The summed E-state index contributed by atoms with van der Waals surface area (Å²) < 4.78 is 4.98. The van der Waals surface area contributed by atoms with Gasteiger partial charge in [-0.15, -0.1) is 0 Å². The number of carboxylic acids is 1. The molecule has 1 saturated carbocycles. The molecule has 20 heavy (non-hydrogen) atoms. The molecule has 1 aliphatic carbocycles. The van der Waals surface area contributed by atoms with Gasteiger partial charge in [0.1, 0.15) is 6.26 Å². The van der Waals surface area contributed by atoms with Crippen LogP contribution in [0.3, 0.4) is 0 Å². The van der Waals surface area contributed by atoms with Gasteiger partial charge in [-0.2, -0.15) is 0 Å².